The van der Waals surface area contributed by atoms with Crippen molar-refractivity contribution in [3.8, 4) is 0 Å². The van der Waals surface area contributed by atoms with E-state index in [2.05, 4.69) is 10.4 Å². The summed E-state index contributed by atoms with van der Waals surface area (Å²) < 4.78 is 5.13. The average Bonchev–Trinajstić information content (AvgIpc) is 2.57. The molecule has 5 atom stereocenters. The van der Waals surface area contributed by atoms with Gasteiger partial charge in [-0.2, -0.15) is 5.10 Å². The summed E-state index contributed by atoms with van der Waals surface area (Å²) in [4.78, 5) is 10.9. The van der Waals surface area contributed by atoms with Gasteiger partial charge in [0.2, 0.25) is 6.35 Å². The molecule has 17 heavy (non-hydrogen) atoms. The normalized spacial score (nSPS) is 41.8. The van der Waals surface area contributed by atoms with Crippen molar-refractivity contribution in [3.05, 3.63) is 0 Å². The van der Waals surface area contributed by atoms with E-state index in [0.717, 1.165) is 11.2 Å². The number of hydrogen-bond donors (Lipinski definition) is 5. The first-order valence-electron chi connectivity index (χ1n) is 4.98. The summed E-state index contributed by atoms with van der Waals surface area (Å²) in [5, 5.41) is 44.2. The van der Waals surface area contributed by atoms with Crippen LogP contribution >= 0.6 is 0 Å². The van der Waals surface area contributed by atoms with E-state index in [9.17, 15) is 20.1 Å². The van der Waals surface area contributed by atoms with Crippen LogP contribution in [0.5, 0.6) is 0 Å². The number of rotatable bonds is 2. The van der Waals surface area contributed by atoms with Crippen molar-refractivity contribution >= 4 is 12.1 Å². The molecular weight excluding hydrogens is 234 g/mol. The summed E-state index contributed by atoms with van der Waals surface area (Å²) in [7, 11) is 0. The molecular formula is C8H13N3O6. The third-order valence-electron chi connectivity index (χ3n) is 2.61. The highest BCUT2D eigenvalue weighted by molar-refractivity contribution is 6.26. The molecule has 3 unspecified atom stereocenters. The van der Waals surface area contributed by atoms with E-state index < -0.39 is 43.4 Å². The Morgan fingerprint density at radius 2 is 2.12 bits per heavy atom. The molecule has 0 aromatic heterocycles. The molecule has 5 N–H and O–H groups in total. The molecule has 96 valence electrons. The first-order valence-corrected chi connectivity index (χ1v) is 4.98. The van der Waals surface area contributed by atoms with Crippen molar-refractivity contribution in [2.24, 2.45) is 5.10 Å². The topological polar surface area (TPSA) is 135 Å². The van der Waals surface area contributed by atoms with Crippen LogP contribution in [-0.2, 0) is 9.53 Å². The number of carbonyl (C=O) groups excluding carboxylic acids is 1. The fraction of sp³-hybridized carbons (Fsp3) is 0.750. The Morgan fingerprint density at radius 1 is 1.41 bits per heavy atom. The molecule has 0 aromatic carbocycles. The van der Waals surface area contributed by atoms with Crippen LogP contribution < -0.4 is 5.32 Å². The third kappa shape index (κ3) is 2.10. The molecule has 1 amide bonds. The Bertz CT molecular complexity index is 337. The quantitative estimate of drug-likeness (QED) is 0.337. The maximum absolute atomic E-state index is 10.9. The molecule has 2 heterocycles. The van der Waals surface area contributed by atoms with Gasteiger partial charge in [0.25, 0.3) is 5.91 Å². The molecule has 0 aromatic rings. The van der Waals surface area contributed by atoms with Crippen LogP contribution in [0.25, 0.3) is 0 Å². The van der Waals surface area contributed by atoms with Crippen LogP contribution in [0.3, 0.4) is 0 Å². The van der Waals surface area contributed by atoms with Crippen molar-refractivity contribution in [1.82, 2.24) is 10.3 Å². The summed E-state index contributed by atoms with van der Waals surface area (Å²) in [6.07, 6.45) is -5.30. The van der Waals surface area contributed by atoms with E-state index >= 15 is 0 Å². The Hall–Kier alpha value is -1.26. The molecule has 2 aliphatic heterocycles. The van der Waals surface area contributed by atoms with Gasteiger partial charge in [0.05, 0.1) is 6.61 Å². The van der Waals surface area contributed by atoms with E-state index in [4.69, 9.17) is 9.84 Å². The lowest BCUT2D eigenvalue weighted by molar-refractivity contribution is -0.169. The second-order valence-corrected chi connectivity index (χ2v) is 3.74. The first kappa shape index (κ1) is 12.2. The third-order valence-corrected chi connectivity index (χ3v) is 2.61. The zero-order valence-corrected chi connectivity index (χ0v) is 8.67. The Morgan fingerprint density at radius 3 is 2.65 bits per heavy atom. The fourth-order valence-electron chi connectivity index (χ4n) is 1.72. The predicted molar refractivity (Wildman–Crippen MR) is 52.2 cm³/mol. The van der Waals surface area contributed by atoms with E-state index in [-0.39, 0.29) is 0 Å². The van der Waals surface area contributed by atoms with Crippen LogP contribution in [0, 0.1) is 0 Å². The standard InChI is InChI=1S/C8H13N3O6/c12-2-3-5(14)6(15)7(17-3)11-8(16)10-4(13)1-9-11/h1,3,5-8,12,14-16H,2H2,(H,10,13)/t3-,5?,6?,7-,8?/m1/s1. The Balaban J connectivity index is 2.13. The highest BCUT2D eigenvalue weighted by Gasteiger charge is 2.47. The van der Waals surface area contributed by atoms with Crippen molar-refractivity contribution in [1.29, 1.82) is 0 Å². The molecule has 1 saturated heterocycles. The van der Waals surface area contributed by atoms with Gasteiger partial charge in [0.1, 0.15) is 24.5 Å². The maximum Gasteiger partial charge on any atom is 0.267 e. The summed E-state index contributed by atoms with van der Waals surface area (Å²) in [5.74, 6) is -0.583. The smallest absolute Gasteiger partial charge is 0.267 e. The van der Waals surface area contributed by atoms with Gasteiger partial charge in [0, 0.05) is 0 Å². The van der Waals surface area contributed by atoms with E-state index in [1.807, 2.05) is 0 Å². The molecule has 2 aliphatic rings. The molecule has 0 saturated carbocycles. The SMILES string of the molecule is O=C1C=NN([C@@H]2O[C@H](CO)C(O)C2O)C(O)N1. The highest BCUT2D eigenvalue weighted by Crippen LogP contribution is 2.25. The molecule has 0 spiro atoms. The number of hydrogen-bond acceptors (Lipinski definition) is 8. The van der Waals surface area contributed by atoms with Gasteiger partial charge in [-0.15, -0.1) is 0 Å². The minimum atomic E-state index is -1.46. The fourth-order valence-corrected chi connectivity index (χ4v) is 1.72. The minimum Gasteiger partial charge on any atom is -0.394 e. The molecule has 0 aliphatic carbocycles. The lowest BCUT2D eigenvalue weighted by Gasteiger charge is -2.33. The highest BCUT2D eigenvalue weighted by atomic mass is 16.6. The first-order chi connectivity index (χ1) is 8.04. The van der Waals surface area contributed by atoms with Gasteiger partial charge in [-0.05, 0) is 0 Å². The molecule has 9 heteroatoms. The maximum atomic E-state index is 10.9. The van der Waals surface area contributed by atoms with Gasteiger partial charge >= 0.3 is 0 Å². The summed E-state index contributed by atoms with van der Waals surface area (Å²) in [6.45, 7) is -0.477. The molecule has 1 fully saturated rings. The van der Waals surface area contributed by atoms with Crippen LogP contribution in [0.15, 0.2) is 5.10 Å². The van der Waals surface area contributed by atoms with Crippen molar-refractivity contribution in [2.75, 3.05) is 6.61 Å². The molecule has 2 rings (SSSR count). The van der Waals surface area contributed by atoms with Gasteiger partial charge in [0.15, 0.2) is 6.23 Å². The number of nitrogens with zero attached hydrogens (tertiary/aromatic N) is 2. The summed E-state index contributed by atoms with van der Waals surface area (Å²) >= 11 is 0. The largest absolute Gasteiger partial charge is 0.394 e. The second-order valence-electron chi connectivity index (χ2n) is 3.74. The molecule has 0 bridgehead atoms. The number of amides is 1. The second kappa shape index (κ2) is 4.55. The van der Waals surface area contributed by atoms with E-state index in [1.165, 1.54) is 0 Å². The number of hydrazone groups is 1. The average molecular weight is 247 g/mol. The molecule has 0 radical (unpaired) electrons. The number of aliphatic hydroxyl groups is 4. The lowest BCUT2D eigenvalue weighted by Crippen LogP contribution is -2.56. The van der Waals surface area contributed by atoms with Crippen LogP contribution in [0.4, 0.5) is 0 Å². The van der Waals surface area contributed by atoms with E-state index in [0.29, 0.717) is 0 Å². The van der Waals surface area contributed by atoms with Crippen molar-refractivity contribution in [3.63, 3.8) is 0 Å². The number of ether oxygens (including phenoxy) is 1. The zero-order chi connectivity index (χ0) is 12.6. The minimum absolute atomic E-state index is 0.477. The van der Waals surface area contributed by atoms with Crippen LogP contribution in [0.1, 0.15) is 0 Å². The van der Waals surface area contributed by atoms with Crippen LogP contribution in [-0.4, -0.2) is 75.1 Å². The lowest BCUT2D eigenvalue weighted by atomic mass is 10.1. The Labute approximate surface area is 95.9 Å². The van der Waals surface area contributed by atoms with Gasteiger partial charge < -0.3 is 30.5 Å². The van der Waals surface area contributed by atoms with Crippen molar-refractivity contribution < 1.29 is 30.0 Å². The van der Waals surface area contributed by atoms with Gasteiger partial charge in [-0.3, -0.25) is 4.79 Å². The van der Waals surface area contributed by atoms with Gasteiger partial charge in [-0.25, -0.2) is 5.01 Å². The van der Waals surface area contributed by atoms with E-state index in [1.54, 1.807) is 0 Å². The summed E-state index contributed by atoms with van der Waals surface area (Å²) in [5.41, 5.74) is 0. The number of carbonyl (C=O) groups is 1. The van der Waals surface area contributed by atoms with Crippen LogP contribution in [0.2, 0.25) is 0 Å². The molecule has 9 nitrogen and oxygen atoms in total. The van der Waals surface area contributed by atoms with Gasteiger partial charge in [-0.1, -0.05) is 0 Å². The predicted octanol–water partition coefficient (Wildman–Crippen LogP) is -3.88. The zero-order valence-electron chi connectivity index (χ0n) is 8.67. The Kier molecular flexibility index (Phi) is 3.26. The summed E-state index contributed by atoms with van der Waals surface area (Å²) in [6, 6.07) is 0. The monoisotopic (exact) mass is 247 g/mol. The number of aliphatic hydroxyl groups excluding tert-OH is 4. The van der Waals surface area contributed by atoms with Crippen molar-refractivity contribution in [2.45, 2.75) is 30.9 Å². The number of nitrogens with one attached hydrogen (secondary N) is 1.